The van der Waals surface area contributed by atoms with E-state index in [1.54, 1.807) is 12.1 Å². The topological polar surface area (TPSA) is 97.1 Å². The normalized spacial score (nSPS) is 11.3. The Balaban J connectivity index is 1.94. The van der Waals surface area contributed by atoms with E-state index in [0.29, 0.717) is 11.3 Å². The van der Waals surface area contributed by atoms with Gasteiger partial charge in [-0.25, -0.2) is 9.48 Å². The van der Waals surface area contributed by atoms with Crippen molar-refractivity contribution in [2.45, 2.75) is 25.6 Å². The van der Waals surface area contributed by atoms with Gasteiger partial charge in [0.05, 0.1) is 6.20 Å². The first-order valence-corrected chi connectivity index (χ1v) is 6.82. The fourth-order valence-corrected chi connectivity index (χ4v) is 1.91. The number of hydrogen-bond acceptors (Lipinski definition) is 4. The molecule has 1 aromatic heterocycles. The van der Waals surface area contributed by atoms with Crippen molar-refractivity contribution in [2.75, 3.05) is 5.32 Å². The maximum atomic E-state index is 12.2. The van der Waals surface area contributed by atoms with Gasteiger partial charge < -0.3 is 10.4 Å². The molecule has 7 nitrogen and oxygen atoms in total. The fourth-order valence-electron chi connectivity index (χ4n) is 1.91. The molecule has 0 spiro atoms. The van der Waals surface area contributed by atoms with Crippen LogP contribution in [-0.4, -0.2) is 38.2 Å². The number of carbonyl (C=O) groups excluding carboxylic acids is 1. The molecule has 0 saturated heterocycles. The number of benzene rings is 1. The lowest BCUT2D eigenvalue weighted by atomic mass is 10.1. The molecule has 1 aromatic carbocycles. The van der Waals surface area contributed by atoms with Crippen LogP contribution in [0.4, 0.5) is 18.9 Å². The Morgan fingerprint density at radius 1 is 1.29 bits per heavy atom. The summed E-state index contributed by atoms with van der Waals surface area (Å²) in [5.74, 6) is -1.77. The summed E-state index contributed by atoms with van der Waals surface area (Å²) in [4.78, 5) is 22.5. The Hall–Kier alpha value is -2.91. The molecule has 0 atom stereocenters. The van der Waals surface area contributed by atoms with Crippen molar-refractivity contribution >= 4 is 17.6 Å². The first-order valence-electron chi connectivity index (χ1n) is 6.82. The van der Waals surface area contributed by atoms with E-state index >= 15 is 0 Å². The molecule has 2 N–H and O–H groups in total. The van der Waals surface area contributed by atoms with E-state index in [-0.39, 0.29) is 18.7 Å². The predicted octanol–water partition coefficient (Wildman–Crippen LogP) is 2.11. The zero-order valence-corrected chi connectivity index (χ0v) is 12.2. The van der Waals surface area contributed by atoms with E-state index < -0.39 is 24.5 Å². The van der Waals surface area contributed by atoms with Crippen LogP contribution in [0.3, 0.4) is 0 Å². The largest absolute Gasteiger partial charge is 0.476 e. The van der Waals surface area contributed by atoms with E-state index in [1.165, 1.54) is 12.1 Å². The van der Waals surface area contributed by atoms with Gasteiger partial charge in [0.15, 0.2) is 5.69 Å². The van der Waals surface area contributed by atoms with Gasteiger partial charge in [-0.2, -0.15) is 13.2 Å². The number of anilines is 1. The van der Waals surface area contributed by atoms with Crippen molar-refractivity contribution in [3.05, 3.63) is 41.7 Å². The molecule has 0 unspecified atom stereocenters. The highest BCUT2D eigenvalue weighted by Gasteiger charge is 2.26. The van der Waals surface area contributed by atoms with Crippen molar-refractivity contribution in [3.8, 4) is 0 Å². The van der Waals surface area contributed by atoms with Gasteiger partial charge in [0.2, 0.25) is 5.91 Å². The Morgan fingerprint density at radius 2 is 2.04 bits per heavy atom. The maximum Gasteiger partial charge on any atom is 0.389 e. The molecule has 0 saturated carbocycles. The summed E-state index contributed by atoms with van der Waals surface area (Å²) in [6.07, 6.45) is -4.27. The number of carboxylic acids is 1. The van der Waals surface area contributed by atoms with Gasteiger partial charge in [0.1, 0.15) is 6.54 Å². The molecule has 0 radical (unpaired) electrons. The third kappa shape index (κ3) is 5.38. The zero-order valence-electron chi connectivity index (χ0n) is 12.2. The minimum absolute atomic E-state index is 0.182. The van der Waals surface area contributed by atoms with Gasteiger partial charge in [0, 0.05) is 12.1 Å². The van der Waals surface area contributed by atoms with Crippen LogP contribution in [0, 0.1) is 0 Å². The number of aromatic carboxylic acids is 1. The summed E-state index contributed by atoms with van der Waals surface area (Å²) < 4.78 is 37.7. The predicted molar refractivity (Wildman–Crippen MR) is 76.4 cm³/mol. The number of aromatic nitrogens is 3. The third-order valence-corrected chi connectivity index (χ3v) is 2.97. The quantitative estimate of drug-likeness (QED) is 0.838. The van der Waals surface area contributed by atoms with E-state index in [0.717, 1.165) is 10.9 Å². The van der Waals surface area contributed by atoms with Gasteiger partial charge >= 0.3 is 12.1 Å². The van der Waals surface area contributed by atoms with Gasteiger partial charge in [-0.1, -0.05) is 17.3 Å². The summed E-state index contributed by atoms with van der Waals surface area (Å²) in [6.45, 7) is -0.271. The van der Waals surface area contributed by atoms with E-state index in [4.69, 9.17) is 5.11 Å². The van der Waals surface area contributed by atoms with E-state index in [9.17, 15) is 22.8 Å². The number of nitrogens with one attached hydrogen (secondary N) is 1. The van der Waals surface area contributed by atoms with Gasteiger partial charge in [-0.15, -0.1) is 5.10 Å². The second kappa shape index (κ2) is 7.11. The minimum atomic E-state index is -4.24. The number of hydrogen-bond donors (Lipinski definition) is 2. The molecular weight excluding hydrogens is 329 g/mol. The van der Waals surface area contributed by atoms with Gasteiger partial charge in [0.25, 0.3) is 0 Å². The first kappa shape index (κ1) is 17.4. The molecule has 1 heterocycles. The number of alkyl halides is 3. The molecule has 10 heteroatoms. The van der Waals surface area contributed by atoms with Crippen LogP contribution in [0.15, 0.2) is 30.5 Å². The highest BCUT2D eigenvalue weighted by Crippen LogP contribution is 2.23. The highest BCUT2D eigenvalue weighted by atomic mass is 19.4. The van der Waals surface area contributed by atoms with Crippen molar-refractivity contribution in [2.24, 2.45) is 0 Å². The molecule has 2 rings (SSSR count). The van der Waals surface area contributed by atoms with Gasteiger partial charge in [-0.05, 0) is 24.1 Å². The summed E-state index contributed by atoms with van der Waals surface area (Å²) >= 11 is 0. The minimum Gasteiger partial charge on any atom is -0.476 e. The highest BCUT2D eigenvalue weighted by molar-refractivity contribution is 5.90. The molecule has 1 amide bonds. The molecule has 0 aliphatic rings. The third-order valence-electron chi connectivity index (χ3n) is 2.97. The number of carboxylic acid groups (broad SMARTS) is 1. The number of rotatable bonds is 6. The molecule has 0 aliphatic carbocycles. The van der Waals surface area contributed by atoms with Crippen molar-refractivity contribution < 1.29 is 27.9 Å². The summed E-state index contributed by atoms with van der Waals surface area (Å²) in [7, 11) is 0. The van der Waals surface area contributed by atoms with Crippen molar-refractivity contribution in [1.82, 2.24) is 15.0 Å². The van der Waals surface area contributed by atoms with Crippen LogP contribution in [0.1, 0.15) is 22.5 Å². The van der Waals surface area contributed by atoms with Gasteiger partial charge in [-0.3, -0.25) is 4.79 Å². The van der Waals surface area contributed by atoms with E-state index in [2.05, 4.69) is 15.6 Å². The molecular formula is C14H13F3N4O3. The van der Waals surface area contributed by atoms with Crippen LogP contribution in [0.25, 0.3) is 0 Å². The molecule has 0 fully saturated rings. The SMILES string of the molecule is O=C(Cn1cc(C(=O)O)nn1)Nc1cccc(CCC(F)(F)F)c1. The summed E-state index contributed by atoms with van der Waals surface area (Å²) in [5, 5.41) is 18.1. The Morgan fingerprint density at radius 3 is 2.67 bits per heavy atom. The lowest BCUT2D eigenvalue weighted by molar-refractivity contribution is -0.134. The van der Waals surface area contributed by atoms with Crippen LogP contribution >= 0.6 is 0 Å². The van der Waals surface area contributed by atoms with Crippen LogP contribution in [0.5, 0.6) is 0 Å². The number of amides is 1. The lowest BCUT2D eigenvalue weighted by Crippen LogP contribution is -2.19. The van der Waals surface area contributed by atoms with Crippen molar-refractivity contribution in [3.63, 3.8) is 0 Å². The molecule has 128 valence electrons. The Labute approximate surface area is 134 Å². The fraction of sp³-hybridized carbons (Fsp3) is 0.286. The molecule has 2 aromatic rings. The Kier molecular flexibility index (Phi) is 5.17. The average Bonchev–Trinajstić information content (AvgIpc) is 2.93. The van der Waals surface area contributed by atoms with E-state index in [1.807, 2.05) is 0 Å². The monoisotopic (exact) mass is 342 g/mol. The second-order valence-electron chi connectivity index (χ2n) is 4.97. The van der Waals surface area contributed by atoms with Crippen molar-refractivity contribution in [1.29, 1.82) is 0 Å². The molecule has 0 aliphatic heterocycles. The molecule has 24 heavy (non-hydrogen) atoms. The number of aryl methyl sites for hydroxylation is 1. The zero-order chi connectivity index (χ0) is 17.7. The number of halogens is 3. The number of carbonyl (C=O) groups is 2. The lowest BCUT2D eigenvalue weighted by Gasteiger charge is -2.09. The first-order chi connectivity index (χ1) is 11.2. The summed E-state index contributed by atoms with van der Waals surface area (Å²) in [6, 6.07) is 6.07. The summed E-state index contributed by atoms with van der Waals surface area (Å²) in [5.41, 5.74) is 0.495. The standard InChI is InChI=1S/C14H13F3N4O3/c15-14(16,17)5-4-9-2-1-3-10(6-9)18-12(22)8-21-7-11(13(23)24)19-20-21/h1-3,6-7H,4-5,8H2,(H,18,22)(H,23,24). The van der Waals surface area contributed by atoms with Crippen LogP contribution < -0.4 is 5.32 Å². The molecule has 0 bridgehead atoms. The number of nitrogens with zero attached hydrogens (tertiary/aromatic N) is 3. The smallest absolute Gasteiger partial charge is 0.389 e. The van der Waals surface area contributed by atoms with Crippen LogP contribution in [-0.2, 0) is 17.8 Å². The maximum absolute atomic E-state index is 12.2. The van der Waals surface area contributed by atoms with Crippen LogP contribution in [0.2, 0.25) is 0 Å². The Bertz CT molecular complexity index is 743. The second-order valence-corrected chi connectivity index (χ2v) is 4.97. The average molecular weight is 342 g/mol.